The molecule has 0 saturated carbocycles. The summed E-state index contributed by atoms with van der Waals surface area (Å²) in [6, 6.07) is 6.72. The maximum atomic E-state index is 6.33. The van der Waals surface area contributed by atoms with Crippen LogP contribution in [0.4, 0.5) is 0 Å². The zero-order valence-electron chi connectivity index (χ0n) is 12.3. The van der Waals surface area contributed by atoms with Gasteiger partial charge in [-0.25, -0.2) is 0 Å². The first kappa shape index (κ1) is 16.1. The van der Waals surface area contributed by atoms with Gasteiger partial charge < -0.3 is 10.2 Å². The summed E-state index contributed by atoms with van der Waals surface area (Å²) in [6.07, 6.45) is 3.47. The molecule has 0 aliphatic carbocycles. The molecule has 1 saturated heterocycles. The summed E-state index contributed by atoms with van der Waals surface area (Å²) in [6.45, 7) is 7.98. The predicted octanol–water partition coefficient (Wildman–Crippen LogP) is 4.52. The lowest BCUT2D eigenvalue weighted by atomic mass is 9.99. The monoisotopic (exact) mass is 314 g/mol. The van der Waals surface area contributed by atoms with Gasteiger partial charge in [-0.2, -0.15) is 0 Å². The molecular formula is C16H24Cl2N2. The molecular weight excluding hydrogens is 291 g/mol. The van der Waals surface area contributed by atoms with Crippen molar-refractivity contribution in [1.29, 1.82) is 0 Å². The van der Waals surface area contributed by atoms with Crippen LogP contribution in [0.3, 0.4) is 0 Å². The summed E-state index contributed by atoms with van der Waals surface area (Å²) in [5.41, 5.74) is 1.16. The van der Waals surface area contributed by atoms with Crippen molar-refractivity contribution < 1.29 is 0 Å². The highest BCUT2D eigenvalue weighted by Gasteiger charge is 2.22. The van der Waals surface area contributed by atoms with Crippen molar-refractivity contribution in [3.63, 3.8) is 0 Å². The van der Waals surface area contributed by atoms with Crippen molar-refractivity contribution >= 4 is 23.2 Å². The number of hydrogen-bond donors (Lipinski definition) is 1. The van der Waals surface area contributed by atoms with Crippen LogP contribution < -0.4 is 5.32 Å². The lowest BCUT2D eigenvalue weighted by molar-refractivity contribution is 0.198. The fourth-order valence-electron chi connectivity index (χ4n) is 2.91. The van der Waals surface area contributed by atoms with Gasteiger partial charge >= 0.3 is 0 Å². The molecule has 112 valence electrons. The fraction of sp³-hybridized carbons (Fsp3) is 0.625. The molecule has 0 spiro atoms. The maximum Gasteiger partial charge on any atom is 0.0468 e. The standard InChI is InChI=1S/C16H24Cl2N2/c1-3-16(14-6-5-12(17)11-15(14)18)19-13-7-9-20(4-2)10-8-13/h5-6,11,13,16,19H,3-4,7-10H2,1-2H3. The van der Waals surface area contributed by atoms with Crippen molar-refractivity contribution in [3.05, 3.63) is 33.8 Å². The van der Waals surface area contributed by atoms with E-state index in [9.17, 15) is 0 Å². The van der Waals surface area contributed by atoms with Gasteiger partial charge in [-0.3, -0.25) is 0 Å². The lowest BCUT2D eigenvalue weighted by Crippen LogP contribution is -2.43. The zero-order valence-corrected chi connectivity index (χ0v) is 13.8. The number of halogens is 2. The number of hydrogen-bond acceptors (Lipinski definition) is 2. The minimum Gasteiger partial charge on any atom is -0.307 e. The summed E-state index contributed by atoms with van der Waals surface area (Å²) in [7, 11) is 0. The van der Waals surface area contributed by atoms with Crippen molar-refractivity contribution in [2.45, 2.75) is 45.2 Å². The number of nitrogens with one attached hydrogen (secondary N) is 1. The Bertz CT molecular complexity index is 428. The van der Waals surface area contributed by atoms with Gasteiger partial charge in [-0.1, -0.05) is 43.1 Å². The summed E-state index contributed by atoms with van der Waals surface area (Å²) >= 11 is 12.3. The van der Waals surface area contributed by atoms with Crippen LogP contribution in [0.2, 0.25) is 10.0 Å². The Labute approximate surface area is 132 Å². The second kappa shape index (κ2) is 7.65. The van der Waals surface area contributed by atoms with E-state index >= 15 is 0 Å². The van der Waals surface area contributed by atoms with Gasteiger partial charge in [0.15, 0.2) is 0 Å². The molecule has 1 aromatic carbocycles. The summed E-state index contributed by atoms with van der Waals surface area (Å²) in [5, 5.41) is 5.24. The van der Waals surface area contributed by atoms with Crippen LogP contribution in [0.5, 0.6) is 0 Å². The third-order valence-electron chi connectivity index (χ3n) is 4.22. The molecule has 2 nitrogen and oxygen atoms in total. The highest BCUT2D eigenvalue weighted by molar-refractivity contribution is 6.35. The molecule has 1 aliphatic heterocycles. The number of likely N-dealkylation sites (tertiary alicyclic amines) is 1. The van der Waals surface area contributed by atoms with Gasteiger partial charge in [0.05, 0.1) is 0 Å². The highest BCUT2D eigenvalue weighted by atomic mass is 35.5. The first-order valence-corrected chi connectivity index (χ1v) is 8.33. The van der Waals surface area contributed by atoms with E-state index in [0.717, 1.165) is 23.6 Å². The predicted molar refractivity (Wildman–Crippen MR) is 87.8 cm³/mol. The summed E-state index contributed by atoms with van der Waals surface area (Å²) in [5.74, 6) is 0. The Morgan fingerprint density at radius 1 is 1.25 bits per heavy atom. The molecule has 1 aromatic rings. The van der Waals surface area contributed by atoms with Gasteiger partial charge in [-0.15, -0.1) is 0 Å². The van der Waals surface area contributed by atoms with Crippen LogP contribution in [0.1, 0.15) is 44.7 Å². The normalized spacial score (nSPS) is 19.2. The van der Waals surface area contributed by atoms with Crippen LogP contribution in [0.25, 0.3) is 0 Å². The van der Waals surface area contributed by atoms with Gasteiger partial charge in [0, 0.05) is 22.1 Å². The average molecular weight is 315 g/mol. The Morgan fingerprint density at radius 3 is 2.50 bits per heavy atom. The maximum absolute atomic E-state index is 6.33. The van der Waals surface area contributed by atoms with Crippen molar-refractivity contribution in [2.24, 2.45) is 0 Å². The minimum absolute atomic E-state index is 0.318. The first-order valence-electron chi connectivity index (χ1n) is 7.57. The third kappa shape index (κ3) is 4.11. The lowest BCUT2D eigenvalue weighted by Gasteiger charge is -2.34. The SMILES string of the molecule is CCC(NC1CCN(CC)CC1)c1ccc(Cl)cc1Cl. The number of nitrogens with zero attached hydrogens (tertiary/aromatic N) is 1. The van der Waals surface area contributed by atoms with Crippen LogP contribution in [0.15, 0.2) is 18.2 Å². The quantitative estimate of drug-likeness (QED) is 0.859. The number of piperidine rings is 1. The molecule has 4 heteroatoms. The van der Waals surface area contributed by atoms with Gasteiger partial charge in [0.1, 0.15) is 0 Å². The first-order chi connectivity index (χ1) is 9.63. The molecule has 1 aliphatic rings. The van der Waals surface area contributed by atoms with Crippen LogP contribution >= 0.6 is 23.2 Å². The molecule has 1 heterocycles. The van der Waals surface area contributed by atoms with Gasteiger partial charge in [-0.05, 0) is 56.6 Å². The molecule has 2 rings (SSSR count). The Hall–Kier alpha value is -0.280. The summed E-state index contributed by atoms with van der Waals surface area (Å²) < 4.78 is 0. The molecule has 0 radical (unpaired) electrons. The Morgan fingerprint density at radius 2 is 1.95 bits per heavy atom. The Balaban J connectivity index is 1.99. The molecule has 0 amide bonds. The van der Waals surface area contributed by atoms with Crippen molar-refractivity contribution in [3.8, 4) is 0 Å². The molecule has 20 heavy (non-hydrogen) atoms. The molecule has 0 aromatic heterocycles. The Kier molecular flexibility index (Phi) is 6.16. The van der Waals surface area contributed by atoms with Crippen molar-refractivity contribution in [2.75, 3.05) is 19.6 Å². The smallest absolute Gasteiger partial charge is 0.0468 e. The zero-order chi connectivity index (χ0) is 14.5. The van der Waals surface area contributed by atoms with Gasteiger partial charge in [0.25, 0.3) is 0 Å². The topological polar surface area (TPSA) is 15.3 Å². The van der Waals surface area contributed by atoms with Gasteiger partial charge in [0.2, 0.25) is 0 Å². The molecule has 1 N–H and O–H groups in total. The van der Waals surface area contributed by atoms with E-state index in [0.29, 0.717) is 17.1 Å². The van der Waals surface area contributed by atoms with E-state index in [1.54, 1.807) is 0 Å². The van der Waals surface area contributed by atoms with E-state index in [1.165, 1.54) is 25.9 Å². The van der Waals surface area contributed by atoms with Crippen LogP contribution in [-0.2, 0) is 0 Å². The third-order valence-corrected chi connectivity index (χ3v) is 4.78. The second-order valence-electron chi connectivity index (χ2n) is 5.50. The average Bonchev–Trinajstić information content (AvgIpc) is 2.46. The van der Waals surface area contributed by atoms with E-state index in [1.807, 2.05) is 18.2 Å². The van der Waals surface area contributed by atoms with Crippen LogP contribution in [-0.4, -0.2) is 30.6 Å². The number of benzene rings is 1. The number of rotatable bonds is 5. The highest BCUT2D eigenvalue weighted by Crippen LogP contribution is 2.29. The molecule has 1 atom stereocenters. The summed E-state index contributed by atoms with van der Waals surface area (Å²) in [4.78, 5) is 2.51. The second-order valence-corrected chi connectivity index (χ2v) is 6.35. The van der Waals surface area contributed by atoms with Crippen LogP contribution in [0, 0.1) is 0 Å². The van der Waals surface area contributed by atoms with E-state index in [-0.39, 0.29) is 0 Å². The van der Waals surface area contributed by atoms with Crippen molar-refractivity contribution in [1.82, 2.24) is 10.2 Å². The fourth-order valence-corrected chi connectivity index (χ4v) is 3.45. The molecule has 1 unspecified atom stereocenters. The largest absolute Gasteiger partial charge is 0.307 e. The van der Waals surface area contributed by atoms with E-state index in [4.69, 9.17) is 23.2 Å². The molecule has 0 bridgehead atoms. The van der Waals surface area contributed by atoms with E-state index < -0.39 is 0 Å². The minimum atomic E-state index is 0.318. The molecule has 1 fully saturated rings. The van der Waals surface area contributed by atoms with E-state index in [2.05, 4.69) is 24.1 Å².